The first-order chi connectivity index (χ1) is 5.66. The zero-order valence-electron chi connectivity index (χ0n) is 7.75. The van der Waals surface area contributed by atoms with E-state index >= 15 is 0 Å². The molecule has 12 heavy (non-hydrogen) atoms. The number of nitrogens with two attached hydrogens (primary N) is 1. The second-order valence-electron chi connectivity index (χ2n) is 2.85. The summed E-state index contributed by atoms with van der Waals surface area (Å²) in [6, 6.07) is 0. The summed E-state index contributed by atoms with van der Waals surface area (Å²) in [4.78, 5) is 0. The Kier molecular flexibility index (Phi) is 6.76. The maximum absolute atomic E-state index is 5.10. The van der Waals surface area contributed by atoms with Crippen LogP contribution in [0.2, 0.25) is 0 Å². The zero-order valence-corrected chi connectivity index (χ0v) is 8.56. The van der Waals surface area contributed by atoms with Gasteiger partial charge in [-0.3, -0.25) is 0 Å². The summed E-state index contributed by atoms with van der Waals surface area (Å²) in [6.07, 6.45) is 3.97. The van der Waals surface area contributed by atoms with Crippen LogP contribution in [0.15, 0.2) is 24.1 Å². The van der Waals surface area contributed by atoms with Gasteiger partial charge in [-0.25, -0.2) is 0 Å². The van der Waals surface area contributed by atoms with Crippen LogP contribution >= 0.6 is 11.8 Å². The molecule has 2 N–H and O–H groups in total. The normalized spacial score (nSPS) is 10.9. The monoisotopic (exact) mass is 187 g/mol. The highest BCUT2D eigenvalue weighted by Crippen LogP contribution is 2.17. The second-order valence-corrected chi connectivity index (χ2v) is 4.00. The lowest BCUT2D eigenvalue weighted by molar-refractivity contribution is 0.389. The van der Waals surface area contributed by atoms with Crippen LogP contribution in [0.1, 0.15) is 20.3 Å². The Balaban J connectivity index is 3.32. The molecule has 0 aromatic carbocycles. The Labute approximate surface area is 78.9 Å². The van der Waals surface area contributed by atoms with E-state index in [1.165, 1.54) is 18.9 Å². The van der Waals surface area contributed by atoms with Crippen LogP contribution < -0.4 is 5.73 Å². The van der Waals surface area contributed by atoms with Crippen LogP contribution in [0.25, 0.3) is 0 Å². The van der Waals surface area contributed by atoms with Crippen LogP contribution in [0.3, 0.4) is 0 Å². The fourth-order valence-corrected chi connectivity index (χ4v) is 1.50. The highest BCUT2D eigenvalue weighted by atomic mass is 32.2. The van der Waals surface area contributed by atoms with Crippen molar-refractivity contribution in [1.29, 1.82) is 0 Å². The summed E-state index contributed by atoms with van der Waals surface area (Å²) in [5.41, 5.74) is 5.10. The van der Waals surface area contributed by atoms with Crippen molar-refractivity contribution < 1.29 is 4.74 Å². The third-order valence-corrected chi connectivity index (χ3v) is 2.09. The fourth-order valence-electron chi connectivity index (χ4n) is 0.558. The number of hydrogen-bond acceptors (Lipinski definition) is 3. The predicted molar refractivity (Wildman–Crippen MR) is 55.5 cm³/mol. The van der Waals surface area contributed by atoms with Crippen LogP contribution in [0.5, 0.6) is 0 Å². The van der Waals surface area contributed by atoms with Gasteiger partial charge in [0.05, 0.1) is 0 Å². The predicted octanol–water partition coefficient (Wildman–Crippen LogP) is 2.68. The van der Waals surface area contributed by atoms with Gasteiger partial charge in [0.15, 0.2) is 5.09 Å². The molecule has 0 unspecified atom stereocenters. The molecule has 0 bridgehead atoms. The summed E-state index contributed by atoms with van der Waals surface area (Å²) in [5.74, 6) is 1.78. The van der Waals surface area contributed by atoms with Gasteiger partial charge in [0, 0.05) is 12.0 Å². The fraction of sp³-hybridized carbons (Fsp3) is 0.556. The average molecular weight is 187 g/mol. The quantitative estimate of drug-likeness (QED) is 0.649. The van der Waals surface area contributed by atoms with Gasteiger partial charge in [0.1, 0.15) is 6.26 Å². The van der Waals surface area contributed by atoms with Crippen molar-refractivity contribution in [2.24, 2.45) is 11.7 Å². The van der Waals surface area contributed by atoms with E-state index in [2.05, 4.69) is 20.4 Å². The van der Waals surface area contributed by atoms with Gasteiger partial charge in [-0.2, -0.15) is 0 Å². The number of hydrogen-bond donors (Lipinski definition) is 1. The van der Waals surface area contributed by atoms with Gasteiger partial charge in [0.25, 0.3) is 0 Å². The molecule has 0 saturated carbocycles. The topological polar surface area (TPSA) is 35.2 Å². The molecule has 0 saturated heterocycles. The van der Waals surface area contributed by atoms with E-state index in [0.717, 1.165) is 11.7 Å². The minimum Gasteiger partial charge on any atom is -0.457 e. The smallest absolute Gasteiger partial charge is 0.152 e. The molecule has 0 aliphatic carbocycles. The molecule has 0 spiro atoms. The standard InChI is InChI=1S/C9H17NOS/c1-8(2)4-7-12-9(3)11-6-5-10/h5-6,8H,3-4,7,10H2,1-2H3/b6-5-. The highest BCUT2D eigenvalue weighted by Gasteiger charge is 1.96. The van der Waals surface area contributed by atoms with Crippen molar-refractivity contribution in [1.82, 2.24) is 0 Å². The number of rotatable bonds is 6. The molecule has 0 aliphatic rings. The summed E-state index contributed by atoms with van der Waals surface area (Å²) in [5, 5.41) is 0.706. The molecule has 0 aromatic rings. The van der Waals surface area contributed by atoms with Gasteiger partial charge in [-0.1, -0.05) is 25.6 Å². The molecule has 0 radical (unpaired) electrons. The number of ether oxygens (including phenoxy) is 1. The van der Waals surface area contributed by atoms with Crippen molar-refractivity contribution in [3.05, 3.63) is 24.1 Å². The molecule has 0 atom stereocenters. The van der Waals surface area contributed by atoms with Crippen molar-refractivity contribution in [2.45, 2.75) is 20.3 Å². The van der Waals surface area contributed by atoms with E-state index in [0.29, 0.717) is 5.09 Å². The van der Waals surface area contributed by atoms with Gasteiger partial charge in [-0.05, 0) is 18.9 Å². The van der Waals surface area contributed by atoms with E-state index in [-0.39, 0.29) is 0 Å². The lowest BCUT2D eigenvalue weighted by Gasteiger charge is -2.05. The van der Waals surface area contributed by atoms with Crippen molar-refractivity contribution >= 4 is 11.8 Å². The van der Waals surface area contributed by atoms with Gasteiger partial charge in [-0.15, -0.1) is 0 Å². The Morgan fingerprint density at radius 3 is 2.83 bits per heavy atom. The SMILES string of the molecule is C=C(O/C=C\N)SCCC(C)C. The van der Waals surface area contributed by atoms with Crippen LogP contribution in [0, 0.1) is 5.92 Å². The maximum Gasteiger partial charge on any atom is 0.152 e. The van der Waals surface area contributed by atoms with Crippen LogP contribution in [-0.2, 0) is 4.74 Å². The van der Waals surface area contributed by atoms with Crippen molar-refractivity contribution in [3.63, 3.8) is 0 Å². The van der Waals surface area contributed by atoms with Gasteiger partial charge >= 0.3 is 0 Å². The number of thioether (sulfide) groups is 1. The second kappa shape index (κ2) is 7.10. The first-order valence-electron chi connectivity index (χ1n) is 4.02. The Morgan fingerprint density at radius 2 is 2.33 bits per heavy atom. The first kappa shape index (κ1) is 11.4. The molecule has 0 amide bonds. The minimum atomic E-state index is 0.706. The molecular formula is C9H17NOS. The Bertz CT molecular complexity index is 155. The van der Waals surface area contributed by atoms with Crippen molar-refractivity contribution in [3.8, 4) is 0 Å². The van der Waals surface area contributed by atoms with Gasteiger partial charge in [0.2, 0.25) is 0 Å². The molecular weight excluding hydrogens is 170 g/mol. The van der Waals surface area contributed by atoms with Crippen molar-refractivity contribution in [2.75, 3.05) is 5.75 Å². The third kappa shape index (κ3) is 7.54. The summed E-state index contributed by atoms with van der Waals surface area (Å²) in [6.45, 7) is 8.12. The lowest BCUT2D eigenvalue weighted by atomic mass is 10.2. The van der Waals surface area contributed by atoms with E-state index < -0.39 is 0 Å². The van der Waals surface area contributed by atoms with Gasteiger partial charge < -0.3 is 10.5 Å². The van der Waals surface area contributed by atoms with E-state index in [9.17, 15) is 0 Å². The maximum atomic E-state index is 5.10. The molecule has 3 heteroatoms. The Hall–Kier alpha value is -0.570. The summed E-state index contributed by atoms with van der Waals surface area (Å²) in [7, 11) is 0. The third-order valence-electron chi connectivity index (χ3n) is 1.24. The van der Waals surface area contributed by atoms with Crippen LogP contribution in [-0.4, -0.2) is 5.75 Å². The summed E-state index contributed by atoms with van der Waals surface area (Å²) < 4.78 is 5.04. The first-order valence-corrected chi connectivity index (χ1v) is 5.00. The largest absolute Gasteiger partial charge is 0.457 e. The van der Waals surface area contributed by atoms with E-state index in [1.807, 2.05) is 0 Å². The highest BCUT2D eigenvalue weighted by molar-refractivity contribution is 8.02. The van der Waals surface area contributed by atoms with Crippen LogP contribution in [0.4, 0.5) is 0 Å². The molecule has 0 aliphatic heterocycles. The molecule has 0 heterocycles. The minimum absolute atomic E-state index is 0.706. The molecule has 0 aromatic heterocycles. The molecule has 2 nitrogen and oxygen atoms in total. The molecule has 0 rings (SSSR count). The Morgan fingerprint density at radius 1 is 1.67 bits per heavy atom. The van der Waals surface area contributed by atoms with E-state index in [1.54, 1.807) is 11.8 Å². The van der Waals surface area contributed by atoms with E-state index in [4.69, 9.17) is 10.5 Å². The average Bonchev–Trinajstić information content (AvgIpc) is 2.00. The molecule has 0 fully saturated rings. The summed E-state index contributed by atoms with van der Waals surface area (Å²) >= 11 is 1.62. The lowest BCUT2D eigenvalue weighted by Crippen LogP contribution is -1.90. The molecule has 70 valence electrons. The zero-order chi connectivity index (χ0) is 9.40.